The van der Waals surface area contributed by atoms with E-state index in [1.165, 1.54) is 24.5 Å². The molecule has 6 nitrogen and oxygen atoms in total. The van der Waals surface area contributed by atoms with Gasteiger partial charge in [-0.15, -0.1) is 0 Å². The summed E-state index contributed by atoms with van der Waals surface area (Å²) < 4.78 is 18.3. The number of nitrogens with zero attached hydrogens (tertiary/aromatic N) is 2. The standard InChI is InChI=1S/C11H11FN4O2/c1-2-18-9-5-7(12)3-4-8(9)15-11(17)10-13-6-14-16-10/h3-6H,2H2,1H3,(H,15,17)(H,13,14,16). The molecule has 94 valence electrons. The van der Waals surface area contributed by atoms with Crippen molar-refractivity contribution in [2.75, 3.05) is 11.9 Å². The van der Waals surface area contributed by atoms with Crippen molar-refractivity contribution in [3.63, 3.8) is 0 Å². The van der Waals surface area contributed by atoms with Crippen molar-refractivity contribution in [3.05, 3.63) is 36.2 Å². The fourth-order valence-corrected chi connectivity index (χ4v) is 1.37. The molecule has 18 heavy (non-hydrogen) atoms. The predicted octanol–water partition coefficient (Wildman–Crippen LogP) is 1.59. The molecule has 0 unspecified atom stereocenters. The molecule has 0 aliphatic carbocycles. The molecule has 1 heterocycles. The van der Waals surface area contributed by atoms with Gasteiger partial charge in [0, 0.05) is 6.07 Å². The fourth-order valence-electron chi connectivity index (χ4n) is 1.37. The molecular formula is C11H11FN4O2. The van der Waals surface area contributed by atoms with Gasteiger partial charge in [0.2, 0.25) is 5.82 Å². The number of benzene rings is 1. The van der Waals surface area contributed by atoms with Gasteiger partial charge in [0.15, 0.2) is 0 Å². The molecule has 0 bridgehead atoms. The van der Waals surface area contributed by atoms with Crippen LogP contribution in [0, 0.1) is 5.82 Å². The van der Waals surface area contributed by atoms with E-state index in [4.69, 9.17) is 4.74 Å². The van der Waals surface area contributed by atoms with Crippen LogP contribution in [0.15, 0.2) is 24.5 Å². The highest BCUT2D eigenvalue weighted by molar-refractivity contribution is 6.02. The number of nitrogens with one attached hydrogen (secondary N) is 2. The Balaban J connectivity index is 2.20. The lowest BCUT2D eigenvalue weighted by Crippen LogP contribution is -2.14. The van der Waals surface area contributed by atoms with E-state index in [1.807, 2.05) is 0 Å². The summed E-state index contributed by atoms with van der Waals surface area (Å²) in [7, 11) is 0. The summed E-state index contributed by atoms with van der Waals surface area (Å²) in [4.78, 5) is 15.4. The number of hydrogen-bond acceptors (Lipinski definition) is 4. The minimum absolute atomic E-state index is 0.0711. The van der Waals surface area contributed by atoms with Gasteiger partial charge < -0.3 is 10.1 Å². The first-order valence-corrected chi connectivity index (χ1v) is 5.29. The van der Waals surface area contributed by atoms with E-state index in [0.29, 0.717) is 12.3 Å². The first-order valence-electron chi connectivity index (χ1n) is 5.29. The van der Waals surface area contributed by atoms with E-state index in [0.717, 1.165) is 0 Å². The van der Waals surface area contributed by atoms with Crippen LogP contribution < -0.4 is 10.1 Å². The molecule has 2 rings (SSSR count). The lowest BCUT2D eigenvalue weighted by atomic mass is 10.2. The maximum absolute atomic E-state index is 13.1. The maximum atomic E-state index is 13.1. The number of hydrogen-bond donors (Lipinski definition) is 2. The average molecular weight is 250 g/mol. The van der Waals surface area contributed by atoms with E-state index in [1.54, 1.807) is 6.92 Å². The van der Waals surface area contributed by atoms with Crippen molar-refractivity contribution in [1.29, 1.82) is 0 Å². The van der Waals surface area contributed by atoms with E-state index < -0.39 is 11.7 Å². The lowest BCUT2D eigenvalue weighted by molar-refractivity contribution is 0.101. The van der Waals surface area contributed by atoms with Gasteiger partial charge in [0.25, 0.3) is 5.91 Å². The summed E-state index contributed by atoms with van der Waals surface area (Å²) in [6.07, 6.45) is 1.23. The monoisotopic (exact) mass is 250 g/mol. The SMILES string of the molecule is CCOc1cc(F)ccc1NC(=O)c1ncn[nH]1. The van der Waals surface area contributed by atoms with E-state index in [9.17, 15) is 9.18 Å². The Morgan fingerprint density at radius 2 is 2.39 bits per heavy atom. The Hall–Kier alpha value is -2.44. The Kier molecular flexibility index (Phi) is 3.52. The summed E-state index contributed by atoms with van der Waals surface area (Å²) in [5.74, 6) is -0.566. The quantitative estimate of drug-likeness (QED) is 0.863. The molecule has 1 aromatic heterocycles. The second-order valence-electron chi connectivity index (χ2n) is 3.36. The van der Waals surface area contributed by atoms with Crippen LogP contribution >= 0.6 is 0 Å². The smallest absolute Gasteiger partial charge is 0.293 e. The second kappa shape index (κ2) is 5.26. The van der Waals surface area contributed by atoms with Crippen LogP contribution in [0.2, 0.25) is 0 Å². The van der Waals surface area contributed by atoms with Gasteiger partial charge in [-0.1, -0.05) is 0 Å². The van der Waals surface area contributed by atoms with Crippen molar-refractivity contribution in [2.45, 2.75) is 6.92 Å². The largest absolute Gasteiger partial charge is 0.492 e. The molecule has 0 spiro atoms. The zero-order valence-electron chi connectivity index (χ0n) is 9.61. The molecule has 0 aliphatic heterocycles. The zero-order chi connectivity index (χ0) is 13.0. The van der Waals surface area contributed by atoms with Crippen molar-refractivity contribution in [3.8, 4) is 5.75 Å². The topological polar surface area (TPSA) is 79.9 Å². The second-order valence-corrected chi connectivity index (χ2v) is 3.36. The van der Waals surface area contributed by atoms with Crippen molar-refractivity contribution < 1.29 is 13.9 Å². The molecule has 0 saturated carbocycles. The van der Waals surface area contributed by atoms with Gasteiger partial charge in [0.1, 0.15) is 17.9 Å². The summed E-state index contributed by atoms with van der Waals surface area (Å²) in [6.45, 7) is 2.14. The number of carbonyl (C=O) groups is 1. The van der Waals surface area contributed by atoms with Crippen LogP contribution in [-0.2, 0) is 0 Å². The maximum Gasteiger partial charge on any atom is 0.293 e. The Labute approximate surface area is 102 Å². The summed E-state index contributed by atoms with van der Waals surface area (Å²) in [6, 6.07) is 3.87. The number of carbonyl (C=O) groups excluding carboxylic acids is 1. The van der Waals surface area contributed by atoms with E-state index in [-0.39, 0.29) is 11.6 Å². The van der Waals surface area contributed by atoms with Crippen LogP contribution in [0.25, 0.3) is 0 Å². The van der Waals surface area contributed by atoms with Gasteiger partial charge in [0.05, 0.1) is 12.3 Å². The van der Waals surface area contributed by atoms with Gasteiger partial charge in [-0.05, 0) is 19.1 Å². The molecule has 0 aliphatic rings. The van der Waals surface area contributed by atoms with Gasteiger partial charge >= 0.3 is 0 Å². The molecule has 0 fully saturated rings. The number of aromatic amines is 1. The van der Waals surface area contributed by atoms with E-state index >= 15 is 0 Å². The number of rotatable bonds is 4. The lowest BCUT2D eigenvalue weighted by Gasteiger charge is -2.10. The third-order valence-corrected chi connectivity index (χ3v) is 2.12. The van der Waals surface area contributed by atoms with Crippen molar-refractivity contribution in [1.82, 2.24) is 15.2 Å². The predicted molar refractivity (Wildman–Crippen MR) is 61.9 cm³/mol. The molecule has 2 N–H and O–H groups in total. The molecule has 2 aromatic rings. The average Bonchev–Trinajstić information content (AvgIpc) is 2.86. The van der Waals surface area contributed by atoms with E-state index in [2.05, 4.69) is 20.5 Å². The molecule has 1 amide bonds. The third-order valence-electron chi connectivity index (χ3n) is 2.12. The normalized spacial score (nSPS) is 10.1. The Morgan fingerprint density at radius 3 is 3.06 bits per heavy atom. The molecular weight excluding hydrogens is 239 g/mol. The first kappa shape index (κ1) is 12.0. The molecule has 0 saturated heterocycles. The minimum atomic E-state index is -0.472. The van der Waals surface area contributed by atoms with Crippen LogP contribution in [-0.4, -0.2) is 27.7 Å². The Morgan fingerprint density at radius 1 is 1.56 bits per heavy atom. The molecule has 7 heteroatoms. The molecule has 0 atom stereocenters. The molecule has 0 radical (unpaired) electrons. The van der Waals surface area contributed by atoms with Crippen LogP contribution in [0.3, 0.4) is 0 Å². The highest BCUT2D eigenvalue weighted by atomic mass is 19.1. The number of halogens is 1. The zero-order valence-corrected chi connectivity index (χ0v) is 9.61. The number of ether oxygens (including phenoxy) is 1. The number of H-pyrrole nitrogens is 1. The highest BCUT2D eigenvalue weighted by Gasteiger charge is 2.12. The van der Waals surface area contributed by atoms with Crippen molar-refractivity contribution in [2.24, 2.45) is 0 Å². The first-order chi connectivity index (χ1) is 8.70. The Bertz CT molecular complexity index is 542. The third kappa shape index (κ3) is 2.62. The van der Waals surface area contributed by atoms with Crippen LogP contribution in [0.1, 0.15) is 17.5 Å². The highest BCUT2D eigenvalue weighted by Crippen LogP contribution is 2.25. The minimum Gasteiger partial charge on any atom is -0.492 e. The fraction of sp³-hybridized carbons (Fsp3) is 0.182. The van der Waals surface area contributed by atoms with Crippen LogP contribution in [0.4, 0.5) is 10.1 Å². The summed E-state index contributed by atoms with van der Waals surface area (Å²) in [5, 5.41) is 8.56. The number of anilines is 1. The number of aromatic nitrogens is 3. The summed E-state index contributed by atoms with van der Waals surface area (Å²) in [5.41, 5.74) is 0.375. The van der Waals surface area contributed by atoms with Gasteiger partial charge in [-0.25, -0.2) is 9.37 Å². The van der Waals surface area contributed by atoms with Crippen LogP contribution in [0.5, 0.6) is 5.75 Å². The summed E-state index contributed by atoms with van der Waals surface area (Å²) >= 11 is 0. The molecule has 1 aromatic carbocycles. The van der Waals surface area contributed by atoms with Gasteiger partial charge in [-0.2, -0.15) is 5.10 Å². The van der Waals surface area contributed by atoms with Crippen molar-refractivity contribution >= 4 is 11.6 Å². The number of amides is 1. The van der Waals surface area contributed by atoms with Gasteiger partial charge in [-0.3, -0.25) is 9.89 Å².